The van der Waals surface area contributed by atoms with E-state index in [0.717, 1.165) is 19.5 Å². The lowest BCUT2D eigenvalue weighted by atomic mass is 9.97. The number of rotatable bonds is 7. The van der Waals surface area contributed by atoms with Crippen LogP contribution in [0.3, 0.4) is 0 Å². The third-order valence-electron chi connectivity index (χ3n) is 3.08. The van der Waals surface area contributed by atoms with E-state index in [9.17, 15) is 4.79 Å². The van der Waals surface area contributed by atoms with Crippen LogP contribution in [0, 0.1) is 5.92 Å². The summed E-state index contributed by atoms with van der Waals surface area (Å²) in [5, 5.41) is 6.10. The lowest BCUT2D eigenvalue weighted by molar-refractivity contribution is -0.131. The van der Waals surface area contributed by atoms with Crippen LogP contribution in [0.1, 0.15) is 26.2 Å². The predicted octanol–water partition coefficient (Wildman–Crippen LogP) is 1.08. The molecular weight excluding hydrogens is 216 g/mol. The van der Waals surface area contributed by atoms with Crippen LogP contribution in [0.15, 0.2) is 12.7 Å². The van der Waals surface area contributed by atoms with E-state index in [1.54, 1.807) is 13.0 Å². The quantitative estimate of drug-likeness (QED) is 0.655. The molecular formula is C13H24N2O2. The molecule has 0 aromatic rings. The van der Waals surface area contributed by atoms with Crippen molar-refractivity contribution in [1.29, 1.82) is 0 Å². The SMILES string of the molecule is C=CCNC(=O)C(C)OCCC1CCCNC1. The van der Waals surface area contributed by atoms with Crippen LogP contribution in [0.25, 0.3) is 0 Å². The molecule has 0 aromatic heterocycles. The average molecular weight is 240 g/mol. The highest BCUT2D eigenvalue weighted by atomic mass is 16.5. The Morgan fingerprint density at radius 1 is 1.71 bits per heavy atom. The van der Waals surface area contributed by atoms with Gasteiger partial charge in [-0.1, -0.05) is 6.08 Å². The first kappa shape index (κ1) is 14.2. The van der Waals surface area contributed by atoms with Crippen LogP contribution in [0.2, 0.25) is 0 Å². The first-order valence-electron chi connectivity index (χ1n) is 6.45. The molecule has 2 atom stereocenters. The molecule has 4 nitrogen and oxygen atoms in total. The number of carbonyl (C=O) groups excluding carboxylic acids is 1. The number of hydrogen-bond donors (Lipinski definition) is 2. The third kappa shape index (κ3) is 5.84. The molecule has 0 saturated carbocycles. The van der Waals surface area contributed by atoms with Gasteiger partial charge in [0, 0.05) is 13.2 Å². The van der Waals surface area contributed by atoms with E-state index in [4.69, 9.17) is 4.74 Å². The van der Waals surface area contributed by atoms with E-state index >= 15 is 0 Å². The molecule has 1 rings (SSSR count). The first-order chi connectivity index (χ1) is 8.24. The maximum absolute atomic E-state index is 11.5. The molecule has 0 radical (unpaired) electrons. The molecule has 2 unspecified atom stereocenters. The van der Waals surface area contributed by atoms with Gasteiger partial charge in [-0.05, 0) is 45.2 Å². The number of hydrogen-bond acceptors (Lipinski definition) is 3. The molecule has 1 fully saturated rings. The van der Waals surface area contributed by atoms with Crippen LogP contribution < -0.4 is 10.6 Å². The Bertz CT molecular complexity index is 238. The fourth-order valence-electron chi connectivity index (χ4n) is 1.97. The van der Waals surface area contributed by atoms with E-state index in [2.05, 4.69) is 17.2 Å². The Morgan fingerprint density at radius 2 is 2.53 bits per heavy atom. The maximum atomic E-state index is 11.5. The molecule has 1 saturated heterocycles. The van der Waals surface area contributed by atoms with Gasteiger partial charge in [-0.15, -0.1) is 6.58 Å². The van der Waals surface area contributed by atoms with Crippen molar-refractivity contribution >= 4 is 5.91 Å². The zero-order valence-corrected chi connectivity index (χ0v) is 10.7. The van der Waals surface area contributed by atoms with Gasteiger partial charge >= 0.3 is 0 Å². The molecule has 0 spiro atoms. The number of piperidine rings is 1. The molecule has 1 aliphatic heterocycles. The zero-order valence-electron chi connectivity index (χ0n) is 10.7. The Kier molecular flexibility index (Phi) is 6.89. The minimum atomic E-state index is -0.369. The lowest BCUT2D eigenvalue weighted by Crippen LogP contribution is -2.35. The van der Waals surface area contributed by atoms with Gasteiger partial charge in [-0.2, -0.15) is 0 Å². The molecule has 98 valence electrons. The number of carbonyl (C=O) groups is 1. The van der Waals surface area contributed by atoms with E-state index in [1.807, 2.05) is 0 Å². The molecule has 0 aliphatic carbocycles. The summed E-state index contributed by atoms with van der Waals surface area (Å²) in [4.78, 5) is 11.5. The van der Waals surface area contributed by atoms with Crippen molar-refractivity contribution in [3.05, 3.63) is 12.7 Å². The zero-order chi connectivity index (χ0) is 12.5. The Balaban J connectivity index is 2.07. The highest BCUT2D eigenvalue weighted by Crippen LogP contribution is 2.14. The normalized spacial score (nSPS) is 21.8. The summed E-state index contributed by atoms with van der Waals surface area (Å²) in [5.74, 6) is 0.638. The third-order valence-corrected chi connectivity index (χ3v) is 3.08. The Hall–Kier alpha value is -0.870. The minimum absolute atomic E-state index is 0.0633. The van der Waals surface area contributed by atoms with Crippen molar-refractivity contribution in [2.45, 2.75) is 32.3 Å². The van der Waals surface area contributed by atoms with Gasteiger partial charge < -0.3 is 15.4 Å². The van der Waals surface area contributed by atoms with Crippen LogP contribution in [-0.4, -0.2) is 38.3 Å². The molecule has 2 N–H and O–H groups in total. The van der Waals surface area contributed by atoms with E-state index in [0.29, 0.717) is 19.1 Å². The van der Waals surface area contributed by atoms with Crippen molar-refractivity contribution < 1.29 is 9.53 Å². The highest BCUT2D eigenvalue weighted by molar-refractivity contribution is 5.80. The summed E-state index contributed by atoms with van der Waals surface area (Å²) in [7, 11) is 0. The molecule has 1 amide bonds. The van der Waals surface area contributed by atoms with Crippen LogP contribution in [0.5, 0.6) is 0 Å². The van der Waals surface area contributed by atoms with Crippen LogP contribution in [-0.2, 0) is 9.53 Å². The van der Waals surface area contributed by atoms with Crippen molar-refractivity contribution in [3.8, 4) is 0 Å². The number of nitrogens with one attached hydrogen (secondary N) is 2. The molecule has 4 heteroatoms. The van der Waals surface area contributed by atoms with Crippen molar-refractivity contribution in [1.82, 2.24) is 10.6 Å². The summed E-state index contributed by atoms with van der Waals surface area (Å²) in [6.07, 6.45) is 4.85. The second kappa shape index (κ2) is 8.25. The van der Waals surface area contributed by atoms with Crippen LogP contribution >= 0.6 is 0 Å². The van der Waals surface area contributed by atoms with Crippen molar-refractivity contribution in [2.75, 3.05) is 26.2 Å². The first-order valence-corrected chi connectivity index (χ1v) is 6.45. The summed E-state index contributed by atoms with van der Waals surface area (Å²) in [5.41, 5.74) is 0. The van der Waals surface area contributed by atoms with Crippen molar-refractivity contribution in [3.63, 3.8) is 0 Å². The second-order valence-corrected chi connectivity index (χ2v) is 4.55. The molecule has 1 aliphatic rings. The minimum Gasteiger partial charge on any atom is -0.369 e. The van der Waals surface area contributed by atoms with Gasteiger partial charge in [-0.25, -0.2) is 0 Å². The summed E-state index contributed by atoms with van der Waals surface area (Å²) >= 11 is 0. The number of amides is 1. The highest BCUT2D eigenvalue weighted by Gasteiger charge is 2.15. The topological polar surface area (TPSA) is 50.4 Å². The average Bonchev–Trinajstić information content (AvgIpc) is 2.37. The molecule has 0 aromatic carbocycles. The van der Waals surface area contributed by atoms with Gasteiger partial charge in [0.25, 0.3) is 0 Å². The lowest BCUT2D eigenvalue weighted by Gasteiger charge is -2.23. The molecule has 17 heavy (non-hydrogen) atoms. The Labute approximate surface area is 104 Å². The standard InChI is InChI=1S/C13H24N2O2/c1-3-7-15-13(16)11(2)17-9-6-12-5-4-8-14-10-12/h3,11-12,14H,1,4-10H2,2H3,(H,15,16). The molecule has 0 bridgehead atoms. The van der Waals surface area contributed by atoms with E-state index in [1.165, 1.54) is 12.8 Å². The summed E-state index contributed by atoms with van der Waals surface area (Å²) in [6.45, 7) is 8.72. The fourth-order valence-corrected chi connectivity index (χ4v) is 1.97. The number of ether oxygens (including phenoxy) is 1. The second-order valence-electron chi connectivity index (χ2n) is 4.55. The summed E-state index contributed by atoms with van der Waals surface area (Å²) < 4.78 is 5.53. The van der Waals surface area contributed by atoms with Gasteiger partial charge in [0.2, 0.25) is 5.91 Å². The fraction of sp³-hybridized carbons (Fsp3) is 0.769. The largest absolute Gasteiger partial charge is 0.369 e. The van der Waals surface area contributed by atoms with E-state index < -0.39 is 0 Å². The van der Waals surface area contributed by atoms with Gasteiger partial charge in [0.05, 0.1) is 0 Å². The monoisotopic (exact) mass is 240 g/mol. The predicted molar refractivity (Wildman–Crippen MR) is 68.8 cm³/mol. The summed E-state index contributed by atoms with van der Waals surface area (Å²) in [6, 6.07) is 0. The van der Waals surface area contributed by atoms with Crippen molar-refractivity contribution in [2.24, 2.45) is 5.92 Å². The smallest absolute Gasteiger partial charge is 0.249 e. The van der Waals surface area contributed by atoms with Gasteiger partial charge in [0.1, 0.15) is 6.10 Å². The van der Waals surface area contributed by atoms with Crippen LogP contribution in [0.4, 0.5) is 0 Å². The van der Waals surface area contributed by atoms with Gasteiger partial charge in [0.15, 0.2) is 0 Å². The van der Waals surface area contributed by atoms with Gasteiger partial charge in [-0.3, -0.25) is 4.79 Å². The Morgan fingerprint density at radius 3 is 3.18 bits per heavy atom. The molecule has 1 heterocycles. The maximum Gasteiger partial charge on any atom is 0.249 e. The van der Waals surface area contributed by atoms with E-state index in [-0.39, 0.29) is 12.0 Å².